The number of nitrogens with zero attached hydrogens (tertiary/aromatic N) is 2. The predicted octanol–water partition coefficient (Wildman–Crippen LogP) is 4.67. The SMILES string of the molecule is [CH2]c1cccc(N(Cc2ccccc2)C(=O)OCc2cncs2)c1. The van der Waals surface area contributed by atoms with E-state index in [2.05, 4.69) is 11.9 Å². The van der Waals surface area contributed by atoms with Crippen molar-refractivity contribution >= 4 is 23.1 Å². The number of benzene rings is 2. The Morgan fingerprint density at radius 1 is 1.17 bits per heavy atom. The number of ether oxygens (including phenoxy) is 1. The van der Waals surface area contributed by atoms with E-state index in [1.807, 2.05) is 54.6 Å². The summed E-state index contributed by atoms with van der Waals surface area (Å²) in [5.74, 6) is 0. The molecule has 24 heavy (non-hydrogen) atoms. The molecule has 1 aromatic heterocycles. The van der Waals surface area contributed by atoms with Gasteiger partial charge in [0, 0.05) is 11.9 Å². The van der Waals surface area contributed by atoms with Crippen molar-refractivity contribution in [2.75, 3.05) is 4.90 Å². The molecule has 0 unspecified atom stereocenters. The zero-order chi connectivity index (χ0) is 16.8. The fraction of sp³-hybridized carbons (Fsp3) is 0.105. The number of hydrogen-bond donors (Lipinski definition) is 0. The molecule has 0 N–H and O–H groups in total. The highest BCUT2D eigenvalue weighted by molar-refractivity contribution is 7.09. The van der Waals surface area contributed by atoms with Gasteiger partial charge in [-0.3, -0.25) is 9.88 Å². The zero-order valence-corrected chi connectivity index (χ0v) is 13.9. The highest BCUT2D eigenvalue weighted by Gasteiger charge is 2.18. The lowest BCUT2D eigenvalue weighted by Crippen LogP contribution is -2.31. The van der Waals surface area contributed by atoms with Gasteiger partial charge < -0.3 is 4.74 Å². The van der Waals surface area contributed by atoms with Crippen LogP contribution in [0.1, 0.15) is 16.0 Å². The molecule has 0 atom stereocenters. The molecule has 0 aliphatic heterocycles. The second-order valence-corrected chi connectivity index (χ2v) is 6.23. The minimum absolute atomic E-state index is 0.221. The lowest BCUT2D eigenvalue weighted by atomic mass is 10.1. The summed E-state index contributed by atoms with van der Waals surface area (Å²) in [4.78, 5) is 19.1. The van der Waals surface area contributed by atoms with Gasteiger partial charge in [-0.15, -0.1) is 11.3 Å². The van der Waals surface area contributed by atoms with Crippen LogP contribution >= 0.6 is 11.3 Å². The summed E-state index contributed by atoms with van der Waals surface area (Å²) in [5.41, 5.74) is 4.36. The van der Waals surface area contributed by atoms with Crippen LogP contribution in [0.3, 0.4) is 0 Å². The molecule has 3 aromatic rings. The Bertz CT molecular complexity index is 788. The smallest absolute Gasteiger partial charge is 0.414 e. The van der Waals surface area contributed by atoms with Crippen LogP contribution in [0.25, 0.3) is 0 Å². The molecular weight excluding hydrogens is 320 g/mol. The van der Waals surface area contributed by atoms with Crippen molar-refractivity contribution < 1.29 is 9.53 Å². The number of amides is 1. The van der Waals surface area contributed by atoms with E-state index in [0.29, 0.717) is 6.54 Å². The molecule has 4 nitrogen and oxygen atoms in total. The maximum absolute atomic E-state index is 12.6. The van der Waals surface area contributed by atoms with Crippen molar-refractivity contribution in [2.24, 2.45) is 0 Å². The molecule has 0 saturated carbocycles. The molecular formula is C19H17N2O2S. The van der Waals surface area contributed by atoms with Crippen LogP contribution in [0.4, 0.5) is 10.5 Å². The fourth-order valence-corrected chi connectivity index (χ4v) is 2.78. The number of anilines is 1. The van der Waals surface area contributed by atoms with Gasteiger partial charge in [0.2, 0.25) is 0 Å². The van der Waals surface area contributed by atoms with Gasteiger partial charge in [0.15, 0.2) is 0 Å². The number of rotatable bonds is 5. The normalized spacial score (nSPS) is 10.4. The summed E-state index contributed by atoms with van der Waals surface area (Å²) in [5, 5.41) is 0. The molecule has 0 aliphatic carbocycles. The van der Waals surface area contributed by atoms with Gasteiger partial charge in [-0.2, -0.15) is 0 Å². The number of thiazole rings is 1. The van der Waals surface area contributed by atoms with Crippen molar-refractivity contribution in [1.82, 2.24) is 4.98 Å². The van der Waals surface area contributed by atoms with Crippen molar-refractivity contribution in [1.29, 1.82) is 0 Å². The van der Waals surface area contributed by atoms with E-state index in [9.17, 15) is 4.79 Å². The molecule has 1 amide bonds. The topological polar surface area (TPSA) is 42.4 Å². The highest BCUT2D eigenvalue weighted by atomic mass is 32.1. The molecule has 0 saturated heterocycles. The molecule has 1 radical (unpaired) electrons. The Morgan fingerprint density at radius 3 is 2.71 bits per heavy atom. The molecule has 2 aromatic carbocycles. The Labute approximate surface area is 145 Å². The van der Waals surface area contributed by atoms with E-state index in [1.165, 1.54) is 11.3 Å². The van der Waals surface area contributed by atoms with Gasteiger partial charge >= 0.3 is 6.09 Å². The van der Waals surface area contributed by atoms with Gasteiger partial charge in [0.05, 0.1) is 16.9 Å². The van der Waals surface area contributed by atoms with Crippen LogP contribution in [0.5, 0.6) is 0 Å². The van der Waals surface area contributed by atoms with E-state index in [4.69, 9.17) is 4.74 Å². The maximum Gasteiger partial charge on any atom is 0.414 e. The Morgan fingerprint density at radius 2 is 2.00 bits per heavy atom. The standard InChI is InChI=1S/C19H17N2O2S/c1-15-6-5-9-17(10-15)21(12-16-7-3-2-4-8-16)19(22)23-13-18-11-20-14-24-18/h2-11,14H,1,12-13H2. The Kier molecular flexibility index (Phi) is 5.23. The third kappa shape index (κ3) is 4.20. The lowest BCUT2D eigenvalue weighted by Gasteiger charge is -2.22. The average Bonchev–Trinajstić information content (AvgIpc) is 3.12. The Balaban J connectivity index is 1.79. The fourth-order valence-electron chi connectivity index (χ4n) is 2.28. The zero-order valence-electron chi connectivity index (χ0n) is 13.1. The summed E-state index contributed by atoms with van der Waals surface area (Å²) in [6.07, 6.45) is 1.31. The monoisotopic (exact) mass is 337 g/mol. The molecule has 5 heteroatoms. The van der Waals surface area contributed by atoms with Crippen molar-refractivity contribution in [3.63, 3.8) is 0 Å². The second kappa shape index (κ2) is 7.75. The van der Waals surface area contributed by atoms with E-state index >= 15 is 0 Å². The van der Waals surface area contributed by atoms with Crippen molar-refractivity contribution in [3.05, 3.63) is 89.2 Å². The third-order valence-corrected chi connectivity index (χ3v) is 4.20. The second-order valence-electron chi connectivity index (χ2n) is 5.26. The first-order valence-corrected chi connectivity index (χ1v) is 8.38. The van der Waals surface area contributed by atoms with Crippen LogP contribution in [-0.4, -0.2) is 11.1 Å². The molecule has 0 aliphatic rings. The van der Waals surface area contributed by atoms with E-state index in [0.717, 1.165) is 21.7 Å². The Hall–Kier alpha value is -2.66. The van der Waals surface area contributed by atoms with Crippen LogP contribution in [0.2, 0.25) is 0 Å². The van der Waals surface area contributed by atoms with E-state index < -0.39 is 6.09 Å². The minimum Gasteiger partial charge on any atom is -0.443 e. The van der Waals surface area contributed by atoms with Gasteiger partial charge in [-0.05, 0) is 30.2 Å². The first kappa shape index (κ1) is 16.2. The molecule has 0 bridgehead atoms. The first-order chi connectivity index (χ1) is 11.7. The number of aromatic nitrogens is 1. The largest absolute Gasteiger partial charge is 0.443 e. The quantitative estimate of drug-likeness (QED) is 0.679. The summed E-state index contributed by atoms with van der Waals surface area (Å²) in [7, 11) is 0. The first-order valence-electron chi connectivity index (χ1n) is 7.50. The summed E-state index contributed by atoms with van der Waals surface area (Å²) in [6.45, 7) is 4.59. The van der Waals surface area contributed by atoms with Gasteiger partial charge in [-0.25, -0.2) is 4.79 Å². The highest BCUT2D eigenvalue weighted by Crippen LogP contribution is 2.20. The molecule has 3 rings (SSSR count). The molecule has 0 spiro atoms. The van der Waals surface area contributed by atoms with Crippen molar-refractivity contribution in [3.8, 4) is 0 Å². The molecule has 121 valence electrons. The van der Waals surface area contributed by atoms with Crippen LogP contribution in [0, 0.1) is 6.92 Å². The van der Waals surface area contributed by atoms with Gasteiger partial charge in [0.1, 0.15) is 6.61 Å². The van der Waals surface area contributed by atoms with Crippen LogP contribution < -0.4 is 4.90 Å². The van der Waals surface area contributed by atoms with E-state index in [-0.39, 0.29) is 6.61 Å². The number of hydrogen-bond acceptors (Lipinski definition) is 4. The lowest BCUT2D eigenvalue weighted by molar-refractivity contribution is 0.147. The van der Waals surface area contributed by atoms with Crippen molar-refractivity contribution in [2.45, 2.75) is 13.2 Å². The van der Waals surface area contributed by atoms with Gasteiger partial charge in [0.25, 0.3) is 0 Å². The molecule has 1 heterocycles. The predicted molar refractivity (Wildman–Crippen MR) is 95.8 cm³/mol. The molecule has 0 fully saturated rings. The van der Waals surface area contributed by atoms with Crippen LogP contribution in [0.15, 0.2) is 66.3 Å². The van der Waals surface area contributed by atoms with Gasteiger partial charge in [-0.1, -0.05) is 42.5 Å². The summed E-state index contributed by atoms with van der Waals surface area (Å²) < 4.78 is 5.45. The summed E-state index contributed by atoms with van der Waals surface area (Å²) in [6, 6.07) is 17.4. The van der Waals surface area contributed by atoms with E-state index in [1.54, 1.807) is 16.6 Å². The third-order valence-electron chi connectivity index (χ3n) is 3.45. The minimum atomic E-state index is -0.391. The van der Waals surface area contributed by atoms with Crippen LogP contribution in [-0.2, 0) is 17.9 Å². The number of carbonyl (C=O) groups excluding carboxylic acids is 1. The maximum atomic E-state index is 12.6. The number of carbonyl (C=O) groups is 1. The average molecular weight is 337 g/mol. The summed E-state index contributed by atoms with van der Waals surface area (Å²) >= 11 is 1.46.